The Kier molecular flexibility index (Phi) is 7.53. The van der Waals surface area contributed by atoms with E-state index in [0.717, 1.165) is 31.1 Å². The molecule has 7 heteroatoms. The Balaban J connectivity index is 1.69. The van der Waals surface area contributed by atoms with Gasteiger partial charge in [-0.25, -0.2) is 4.79 Å². The van der Waals surface area contributed by atoms with Crippen LogP contribution in [0.1, 0.15) is 13.8 Å². The van der Waals surface area contributed by atoms with Crippen LogP contribution in [0.15, 0.2) is 24.3 Å². The van der Waals surface area contributed by atoms with Crippen molar-refractivity contribution in [3.63, 3.8) is 0 Å². The van der Waals surface area contributed by atoms with E-state index in [2.05, 4.69) is 10.2 Å². The standard InChI is InChI=1S/C19H31N3O4/c1-19(2,15-24-3)20-18(23)22-10-8-21(9-11-22)12-13-26-17-7-5-6-16(14-17)25-4/h5-7,14H,8-13,15H2,1-4H3,(H,20,23). The summed E-state index contributed by atoms with van der Waals surface area (Å²) >= 11 is 0. The summed E-state index contributed by atoms with van der Waals surface area (Å²) in [5.74, 6) is 1.60. The third-order valence-corrected chi connectivity index (χ3v) is 4.33. The summed E-state index contributed by atoms with van der Waals surface area (Å²) in [6.07, 6.45) is 0. The summed E-state index contributed by atoms with van der Waals surface area (Å²) in [4.78, 5) is 16.5. The Hall–Kier alpha value is -1.99. The van der Waals surface area contributed by atoms with Crippen molar-refractivity contribution >= 4 is 6.03 Å². The van der Waals surface area contributed by atoms with E-state index in [1.54, 1.807) is 14.2 Å². The van der Waals surface area contributed by atoms with Crippen LogP contribution in [0, 0.1) is 0 Å². The zero-order chi connectivity index (χ0) is 19.0. The number of carbonyl (C=O) groups excluding carboxylic acids is 1. The maximum absolute atomic E-state index is 12.4. The summed E-state index contributed by atoms with van der Waals surface area (Å²) in [5, 5.41) is 3.02. The fraction of sp³-hybridized carbons (Fsp3) is 0.632. The molecule has 0 aromatic heterocycles. The van der Waals surface area contributed by atoms with E-state index >= 15 is 0 Å². The number of amides is 2. The molecule has 2 rings (SSSR count). The Morgan fingerprint density at radius 1 is 1.15 bits per heavy atom. The molecule has 0 radical (unpaired) electrons. The summed E-state index contributed by atoms with van der Waals surface area (Å²) in [6, 6.07) is 7.58. The first kappa shape index (κ1) is 20.3. The van der Waals surface area contributed by atoms with Crippen molar-refractivity contribution in [2.24, 2.45) is 0 Å². The van der Waals surface area contributed by atoms with Crippen LogP contribution in [0.4, 0.5) is 4.79 Å². The highest BCUT2D eigenvalue weighted by Gasteiger charge is 2.26. The van der Waals surface area contributed by atoms with Crippen molar-refractivity contribution in [1.82, 2.24) is 15.1 Å². The normalized spacial score (nSPS) is 15.6. The minimum Gasteiger partial charge on any atom is -0.497 e. The molecule has 7 nitrogen and oxygen atoms in total. The number of rotatable bonds is 8. The van der Waals surface area contributed by atoms with Gasteiger partial charge in [0.15, 0.2) is 0 Å². The second-order valence-corrected chi connectivity index (χ2v) is 7.10. The van der Waals surface area contributed by atoms with Gasteiger partial charge >= 0.3 is 6.03 Å². The Labute approximate surface area is 156 Å². The third kappa shape index (κ3) is 6.38. The molecule has 146 valence electrons. The number of piperazine rings is 1. The summed E-state index contributed by atoms with van der Waals surface area (Å²) in [7, 11) is 3.28. The molecule has 1 aromatic rings. The maximum Gasteiger partial charge on any atom is 0.317 e. The molecule has 0 spiro atoms. The number of benzene rings is 1. The Morgan fingerprint density at radius 3 is 2.50 bits per heavy atom. The van der Waals surface area contributed by atoms with E-state index < -0.39 is 0 Å². The van der Waals surface area contributed by atoms with Gasteiger partial charge in [-0.2, -0.15) is 0 Å². The summed E-state index contributed by atoms with van der Waals surface area (Å²) in [6.45, 7) is 8.98. The Morgan fingerprint density at radius 2 is 1.85 bits per heavy atom. The molecule has 0 unspecified atom stereocenters. The first-order valence-corrected chi connectivity index (χ1v) is 8.99. The molecule has 1 N–H and O–H groups in total. The van der Waals surface area contributed by atoms with Gasteiger partial charge in [-0.05, 0) is 26.0 Å². The molecule has 1 aromatic carbocycles. The fourth-order valence-corrected chi connectivity index (χ4v) is 2.92. The molecular formula is C19H31N3O4. The fourth-order valence-electron chi connectivity index (χ4n) is 2.92. The number of methoxy groups -OCH3 is 2. The van der Waals surface area contributed by atoms with Gasteiger partial charge in [-0.1, -0.05) is 6.07 Å². The van der Waals surface area contributed by atoms with Crippen LogP contribution >= 0.6 is 0 Å². The lowest BCUT2D eigenvalue weighted by molar-refractivity contribution is 0.104. The van der Waals surface area contributed by atoms with Crippen LogP contribution in [0.5, 0.6) is 11.5 Å². The molecule has 0 saturated carbocycles. The predicted octanol–water partition coefficient (Wildman–Crippen LogP) is 1.83. The van der Waals surface area contributed by atoms with E-state index in [0.29, 0.717) is 26.3 Å². The Bertz CT molecular complexity index is 572. The zero-order valence-corrected chi connectivity index (χ0v) is 16.3. The summed E-state index contributed by atoms with van der Waals surface area (Å²) in [5.41, 5.74) is -0.368. The highest BCUT2D eigenvalue weighted by molar-refractivity contribution is 5.75. The van der Waals surface area contributed by atoms with Crippen LogP contribution < -0.4 is 14.8 Å². The van der Waals surface area contributed by atoms with Gasteiger partial charge in [0, 0.05) is 45.9 Å². The van der Waals surface area contributed by atoms with E-state index in [1.165, 1.54) is 0 Å². The number of hydrogen-bond donors (Lipinski definition) is 1. The quantitative estimate of drug-likeness (QED) is 0.761. The van der Waals surface area contributed by atoms with Crippen LogP contribution in [-0.4, -0.2) is 81.5 Å². The lowest BCUT2D eigenvalue weighted by atomic mass is 10.1. The number of carbonyl (C=O) groups is 1. The SMILES string of the molecule is COCC(C)(C)NC(=O)N1CCN(CCOc2cccc(OC)c2)CC1. The largest absolute Gasteiger partial charge is 0.497 e. The lowest BCUT2D eigenvalue weighted by Crippen LogP contribution is -2.57. The first-order valence-electron chi connectivity index (χ1n) is 8.99. The van der Waals surface area contributed by atoms with Gasteiger partial charge in [0.1, 0.15) is 18.1 Å². The smallest absolute Gasteiger partial charge is 0.317 e. The van der Waals surface area contributed by atoms with Gasteiger partial charge in [0.2, 0.25) is 0 Å². The van der Waals surface area contributed by atoms with E-state index in [1.807, 2.05) is 43.0 Å². The minimum absolute atomic E-state index is 0.0284. The second-order valence-electron chi connectivity index (χ2n) is 7.10. The van der Waals surface area contributed by atoms with Gasteiger partial charge in [0.25, 0.3) is 0 Å². The molecule has 0 atom stereocenters. The van der Waals surface area contributed by atoms with Crippen LogP contribution in [0.25, 0.3) is 0 Å². The zero-order valence-electron chi connectivity index (χ0n) is 16.3. The summed E-state index contributed by atoms with van der Waals surface area (Å²) < 4.78 is 16.1. The number of ether oxygens (including phenoxy) is 3. The number of urea groups is 1. The van der Waals surface area contributed by atoms with Crippen molar-refractivity contribution in [3.05, 3.63) is 24.3 Å². The van der Waals surface area contributed by atoms with Gasteiger partial charge in [-0.3, -0.25) is 4.90 Å². The molecule has 26 heavy (non-hydrogen) atoms. The number of hydrogen-bond acceptors (Lipinski definition) is 5. The molecule has 0 aliphatic carbocycles. The number of nitrogens with zero attached hydrogens (tertiary/aromatic N) is 2. The lowest BCUT2D eigenvalue weighted by Gasteiger charge is -2.36. The topological polar surface area (TPSA) is 63.3 Å². The van der Waals surface area contributed by atoms with E-state index in [-0.39, 0.29) is 11.6 Å². The second kappa shape index (κ2) is 9.64. The van der Waals surface area contributed by atoms with E-state index in [9.17, 15) is 4.79 Å². The molecule has 1 aliphatic rings. The first-order chi connectivity index (χ1) is 12.4. The van der Waals surface area contributed by atoms with E-state index in [4.69, 9.17) is 14.2 Å². The minimum atomic E-state index is -0.368. The average Bonchev–Trinajstić information content (AvgIpc) is 2.62. The average molecular weight is 365 g/mol. The highest BCUT2D eigenvalue weighted by atomic mass is 16.5. The van der Waals surface area contributed by atoms with Crippen molar-refractivity contribution in [2.75, 3.05) is 60.2 Å². The number of nitrogens with one attached hydrogen (secondary N) is 1. The van der Waals surface area contributed by atoms with Crippen molar-refractivity contribution in [2.45, 2.75) is 19.4 Å². The third-order valence-electron chi connectivity index (χ3n) is 4.33. The van der Waals surface area contributed by atoms with Gasteiger partial charge in [0.05, 0.1) is 19.3 Å². The predicted molar refractivity (Wildman–Crippen MR) is 101 cm³/mol. The van der Waals surface area contributed by atoms with Crippen molar-refractivity contribution < 1.29 is 19.0 Å². The molecule has 2 amide bonds. The molecular weight excluding hydrogens is 334 g/mol. The van der Waals surface area contributed by atoms with Gasteiger partial charge in [-0.15, -0.1) is 0 Å². The van der Waals surface area contributed by atoms with Crippen LogP contribution in [-0.2, 0) is 4.74 Å². The van der Waals surface area contributed by atoms with Crippen LogP contribution in [0.2, 0.25) is 0 Å². The molecule has 1 aliphatic heterocycles. The van der Waals surface area contributed by atoms with Crippen molar-refractivity contribution in [1.29, 1.82) is 0 Å². The molecule has 0 bridgehead atoms. The molecule has 1 heterocycles. The highest BCUT2D eigenvalue weighted by Crippen LogP contribution is 2.18. The van der Waals surface area contributed by atoms with Crippen molar-refractivity contribution in [3.8, 4) is 11.5 Å². The monoisotopic (exact) mass is 365 g/mol. The van der Waals surface area contributed by atoms with Gasteiger partial charge < -0.3 is 24.4 Å². The molecule has 1 fully saturated rings. The maximum atomic E-state index is 12.4. The molecule has 1 saturated heterocycles. The van der Waals surface area contributed by atoms with Crippen LogP contribution in [0.3, 0.4) is 0 Å².